The van der Waals surface area contributed by atoms with Gasteiger partial charge in [0.25, 0.3) is 0 Å². The van der Waals surface area contributed by atoms with E-state index in [1.165, 1.54) is 13.2 Å². The summed E-state index contributed by atoms with van der Waals surface area (Å²) >= 11 is 0. The molecule has 2 unspecified atom stereocenters. The molecule has 0 radical (unpaired) electrons. The highest BCUT2D eigenvalue weighted by Crippen LogP contribution is 2.48. The van der Waals surface area contributed by atoms with E-state index in [0.717, 1.165) is 12.3 Å². The third-order valence-electron chi connectivity index (χ3n) is 4.35. The molecule has 0 aliphatic heterocycles. The van der Waals surface area contributed by atoms with Crippen LogP contribution in [0.5, 0.6) is 0 Å². The van der Waals surface area contributed by atoms with Crippen molar-refractivity contribution in [1.29, 1.82) is 5.26 Å². The zero-order valence-corrected chi connectivity index (χ0v) is 13.1. The molecule has 7 heteroatoms. The number of hydrogen-bond donors (Lipinski definition) is 0. The summed E-state index contributed by atoms with van der Waals surface area (Å²) in [6, 6.07) is 4.16. The van der Waals surface area contributed by atoms with Gasteiger partial charge in [0.1, 0.15) is 11.5 Å². The number of carbonyl (C=O) groups excluding carboxylic acids is 1. The summed E-state index contributed by atoms with van der Waals surface area (Å²) in [5.41, 5.74) is -2.43. The molecule has 1 aliphatic carbocycles. The van der Waals surface area contributed by atoms with E-state index >= 15 is 0 Å². The third-order valence-corrected chi connectivity index (χ3v) is 4.35. The summed E-state index contributed by atoms with van der Waals surface area (Å²) in [4.78, 5) is 16.2. The summed E-state index contributed by atoms with van der Waals surface area (Å²) < 4.78 is 43.6. The molecule has 1 heterocycles. The first kappa shape index (κ1) is 17.4. The van der Waals surface area contributed by atoms with Crippen LogP contribution in [-0.4, -0.2) is 17.9 Å². The molecule has 124 valence electrons. The first-order valence-electron chi connectivity index (χ1n) is 7.08. The summed E-state index contributed by atoms with van der Waals surface area (Å²) in [7, 11) is 1.42. The molecular weight excluding hydrogens is 309 g/mol. The quantitative estimate of drug-likeness (QED) is 0.835. The van der Waals surface area contributed by atoms with Crippen molar-refractivity contribution in [3.8, 4) is 6.07 Å². The minimum atomic E-state index is -4.47. The topological polar surface area (TPSA) is 63.0 Å². The van der Waals surface area contributed by atoms with Crippen molar-refractivity contribution in [3.05, 3.63) is 29.6 Å². The number of ether oxygens (including phenoxy) is 1. The molecule has 2 atom stereocenters. The van der Waals surface area contributed by atoms with Gasteiger partial charge in [-0.2, -0.15) is 18.4 Å². The van der Waals surface area contributed by atoms with Gasteiger partial charge in [0, 0.05) is 25.1 Å². The van der Waals surface area contributed by atoms with Gasteiger partial charge in [0.2, 0.25) is 0 Å². The highest BCUT2D eigenvalue weighted by Gasteiger charge is 2.51. The smallest absolute Gasteiger partial charge is 0.372 e. The summed E-state index contributed by atoms with van der Waals surface area (Å²) in [5, 5.41) is 9.22. The predicted octanol–water partition coefficient (Wildman–Crippen LogP) is 3.47. The Morgan fingerprint density at radius 2 is 2.04 bits per heavy atom. The Morgan fingerprint density at radius 3 is 2.48 bits per heavy atom. The van der Waals surface area contributed by atoms with E-state index in [9.17, 15) is 23.2 Å². The monoisotopic (exact) mass is 326 g/mol. The maximum atomic E-state index is 12.7. The lowest BCUT2D eigenvalue weighted by molar-refractivity contribution is -0.148. The number of aromatic nitrogens is 1. The lowest BCUT2D eigenvalue weighted by atomic mass is 9.63. The first-order valence-corrected chi connectivity index (χ1v) is 7.08. The molecule has 1 aromatic rings. The van der Waals surface area contributed by atoms with E-state index in [1.54, 1.807) is 13.8 Å². The van der Waals surface area contributed by atoms with Crippen molar-refractivity contribution in [3.63, 3.8) is 0 Å². The number of alkyl halides is 3. The molecule has 0 amide bonds. The van der Waals surface area contributed by atoms with Crippen LogP contribution in [0.2, 0.25) is 0 Å². The van der Waals surface area contributed by atoms with E-state index in [0.29, 0.717) is 5.69 Å². The minimum Gasteiger partial charge on any atom is -0.372 e. The maximum Gasteiger partial charge on any atom is 0.417 e. The SMILES string of the molecule is COC1(c2ccc(C(F)(F)F)cn2)CC(C#N)C(=O)C(C)(C)C1. The number of Topliss-reactive ketones (excluding diaryl/α,β-unsaturated/α-hetero) is 1. The zero-order chi connectivity index (χ0) is 17.5. The van der Waals surface area contributed by atoms with Gasteiger partial charge in [-0.05, 0) is 18.6 Å². The molecule has 0 spiro atoms. The fraction of sp³-hybridized carbons (Fsp3) is 0.562. The van der Waals surface area contributed by atoms with E-state index in [-0.39, 0.29) is 18.6 Å². The molecular formula is C16H17F3N2O2. The van der Waals surface area contributed by atoms with Crippen molar-refractivity contribution >= 4 is 5.78 Å². The Hall–Kier alpha value is -1.94. The highest BCUT2D eigenvalue weighted by molar-refractivity contribution is 5.89. The van der Waals surface area contributed by atoms with Gasteiger partial charge in [-0.15, -0.1) is 0 Å². The molecule has 1 saturated carbocycles. The Bertz CT molecular complexity index is 647. The predicted molar refractivity (Wildman–Crippen MR) is 75.1 cm³/mol. The summed E-state index contributed by atoms with van der Waals surface area (Å²) in [6.07, 6.45) is -3.38. The van der Waals surface area contributed by atoms with Gasteiger partial charge in [0.05, 0.1) is 17.3 Å². The number of pyridine rings is 1. The van der Waals surface area contributed by atoms with Gasteiger partial charge in [-0.3, -0.25) is 9.78 Å². The molecule has 23 heavy (non-hydrogen) atoms. The highest BCUT2D eigenvalue weighted by atomic mass is 19.4. The van der Waals surface area contributed by atoms with Crippen LogP contribution < -0.4 is 0 Å². The molecule has 1 aliphatic rings. The fourth-order valence-electron chi connectivity index (χ4n) is 3.16. The van der Waals surface area contributed by atoms with Crippen molar-refractivity contribution in [2.75, 3.05) is 7.11 Å². The number of halogens is 3. The van der Waals surface area contributed by atoms with Crippen LogP contribution in [0.1, 0.15) is 37.9 Å². The van der Waals surface area contributed by atoms with Crippen molar-refractivity contribution in [2.45, 2.75) is 38.5 Å². The van der Waals surface area contributed by atoms with E-state index < -0.39 is 28.7 Å². The lowest BCUT2D eigenvalue weighted by Gasteiger charge is -2.44. The van der Waals surface area contributed by atoms with Crippen LogP contribution in [0.25, 0.3) is 0 Å². The second-order valence-corrected chi connectivity index (χ2v) is 6.44. The second-order valence-electron chi connectivity index (χ2n) is 6.44. The molecule has 0 aromatic carbocycles. The van der Waals surface area contributed by atoms with Crippen LogP contribution >= 0.6 is 0 Å². The van der Waals surface area contributed by atoms with Gasteiger partial charge >= 0.3 is 6.18 Å². The van der Waals surface area contributed by atoms with Crippen LogP contribution in [0, 0.1) is 22.7 Å². The number of nitriles is 1. The zero-order valence-electron chi connectivity index (χ0n) is 13.1. The largest absolute Gasteiger partial charge is 0.417 e. The second kappa shape index (κ2) is 5.60. The van der Waals surface area contributed by atoms with E-state index in [2.05, 4.69) is 4.98 Å². The molecule has 0 saturated heterocycles. The fourth-order valence-corrected chi connectivity index (χ4v) is 3.16. The van der Waals surface area contributed by atoms with Gasteiger partial charge in [-0.1, -0.05) is 13.8 Å². The lowest BCUT2D eigenvalue weighted by Crippen LogP contribution is -2.48. The molecule has 0 N–H and O–H groups in total. The number of carbonyl (C=O) groups is 1. The van der Waals surface area contributed by atoms with Crippen molar-refractivity contribution < 1.29 is 22.7 Å². The molecule has 1 aromatic heterocycles. The van der Waals surface area contributed by atoms with Crippen LogP contribution in [0.15, 0.2) is 18.3 Å². The number of ketones is 1. The standard InChI is InChI=1S/C16H17F3N2O2/c1-14(2)9-15(23-3,6-10(7-20)13(14)22)12-5-4-11(8-21-12)16(17,18)19/h4-5,8,10H,6,9H2,1-3H3. The first-order chi connectivity index (χ1) is 10.6. The van der Waals surface area contributed by atoms with Crippen LogP contribution in [-0.2, 0) is 21.3 Å². The summed E-state index contributed by atoms with van der Waals surface area (Å²) in [5.74, 6) is -1.05. The Kier molecular flexibility index (Phi) is 4.24. The Morgan fingerprint density at radius 1 is 1.39 bits per heavy atom. The number of nitrogens with zero attached hydrogens (tertiary/aromatic N) is 2. The Labute approximate surface area is 132 Å². The number of hydrogen-bond acceptors (Lipinski definition) is 4. The minimum absolute atomic E-state index is 0.0840. The van der Waals surface area contributed by atoms with E-state index in [1.807, 2.05) is 6.07 Å². The molecule has 4 nitrogen and oxygen atoms in total. The average molecular weight is 326 g/mol. The van der Waals surface area contributed by atoms with Crippen LogP contribution in [0.3, 0.4) is 0 Å². The molecule has 1 fully saturated rings. The van der Waals surface area contributed by atoms with Crippen molar-refractivity contribution in [1.82, 2.24) is 4.98 Å². The van der Waals surface area contributed by atoms with Crippen molar-refractivity contribution in [2.24, 2.45) is 11.3 Å². The normalized spacial score (nSPS) is 27.5. The van der Waals surface area contributed by atoms with Gasteiger partial charge < -0.3 is 4.74 Å². The van der Waals surface area contributed by atoms with Gasteiger partial charge in [-0.25, -0.2) is 0 Å². The van der Waals surface area contributed by atoms with Crippen LogP contribution in [0.4, 0.5) is 13.2 Å². The number of methoxy groups -OCH3 is 1. The molecule has 0 bridgehead atoms. The van der Waals surface area contributed by atoms with E-state index in [4.69, 9.17) is 4.74 Å². The summed E-state index contributed by atoms with van der Waals surface area (Å²) in [6.45, 7) is 3.41. The average Bonchev–Trinajstić information content (AvgIpc) is 2.49. The maximum absolute atomic E-state index is 12.7. The number of rotatable bonds is 2. The van der Waals surface area contributed by atoms with Gasteiger partial charge in [0.15, 0.2) is 5.78 Å². The Balaban J connectivity index is 2.45. The third kappa shape index (κ3) is 3.08. The molecule has 2 rings (SSSR count).